The Balaban J connectivity index is 1.92. The molecule has 98 valence electrons. The normalized spacial score (nSPS) is 35.5. The van der Waals surface area contributed by atoms with Crippen LogP contribution in [0, 0.1) is 11.8 Å². The highest BCUT2D eigenvalue weighted by Gasteiger charge is 2.61. The van der Waals surface area contributed by atoms with Gasteiger partial charge in [0.25, 0.3) is 0 Å². The Labute approximate surface area is 119 Å². The van der Waals surface area contributed by atoms with Crippen LogP contribution in [0.2, 0.25) is 0 Å². The standard InChI is InChI=1S/C19H18N/c1-19-15-9-3-2-7-13(15)18(14-8-6-10-16(14)19)20-12-5-4-11-17(19)20/h2-9,11-12,14,16,18H,10H2,1H3/q+1/t14-,16+,18-,19+/m0/s1. The van der Waals surface area contributed by atoms with E-state index in [1.807, 2.05) is 0 Å². The van der Waals surface area contributed by atoms with Gasteiger partial charge in [-0.05, 0) is 24.8 Å². The largest absolute Gasteiger partial charge is 0.194 e. The van der Waals surface area contributed by atoms with Gasteiger partial charge in [0.15, 0.2) is 17.9 Å². The molecule has 0 fully saturated rings. The topological polar surface area (TPSA) is 3.88 Å². The van der Waals surface area contributed by atoms with Crippen LogP contribution in [0.4, 0.5) is 0 Å². The minimum atomic E-state index is 0.154. The van der Waals surface area contributed by atoms with E-state index in [2.05, 4.69) is 72.3 Å². The molecule has 2 aromatic rings. The van der Waals surface area contributed by atoms with Crippen molar-refractivity contribution in [1.82, 2.24) is 0 Å². The summed E-state index contributed by atoms with van der Waals surface area (Å²) in [4.78, 5) is 0. The third kappa shape index (κ3) is 1.02. The quantitative estimate of drug-likeness (QED) is 0.505. The molecule has 0 unspecified atom stereocenters. The summed E-state index contributed by atoms with van der Waals surface area (Å²) in [7, 11) is 0. The molecular weight excluding hydrogens is 242 g/mol. The first-order valence-corrected chi connectivity index (χ1v) is 7.58. The van der Waals surface area contributed by atoms with E-state index < -0.39 is 0 Å². The minimum Gasteiger partial charge on any atom is -0.194 e. The highest BCUT2D eigenvalue weighted by molar-refractivity contribution is 5.48. The second-order valence-corrected chi connectivity index (χ2v) is 6.58. The van der Waals surface area contributed by atoms with E-state index in [1.54, 1.807) is 5.56 Å². The summed E-state index contributed by atoms with van der Waals surface area (Å²) in [6.45, 7) is 2.46. The van der Waals surface area contributed by atoms with Crippen molar-refractivity contribution < 1.29 is 4.57 Å². The molecule has 0 saturated carbocycles. The Bertz CT molecular complexity index is 695. The molecule has 2 bridgehead atoms. The average molecular weight is 260 g/mol. The van der Waals surface area contributed by atoms with E-state index in [0.29, 0.717) is 12.0 Å². The van der Waals surface area contributed by atoms with Crippen molar-refractivity contribution >= 4 is 0 Å². The van der Waals surface area contributed by atoms with Gasteiger partial charge in [-0.1, -0.05) is 42.5 Å². The molecule has 1 heteroatoms. The number of pyridine rings is 1. The van der Waals surface area contributed by atoms with Gasteiger partial charge in [0.05, 0.1) is 5.41 Å². The molecule has 0 amide bonds. The summed E-state index contributed by atoms with van der Waals surface area (Å²) in [6, 6.07) is 16.3. The number of hydrogen-bond donors (Lipinski definition) is 0. The summed E-state index contributed by atoms with van der Waals surface area (Å²) >= 11 is 0. The third-order valence-electron chi connectivity index (χ3n) is 5.88. The van der Waals surface area contributed by atoms with Crippen LogP contribution in [0.15, 0.2) is 60.8 Å². The van der Waals surface area contributed by atoms with E-state index in [1.165, 1.54) is 17.7 Å². The van der Waals surface area contributed by atoms with Gasteiger partial charge in [0.1, 0.15) is 0 Å². The number of rotatable bonds is 0. The maximum Gasteiger partial charge on any atom is 0.192 e. The molecule has 2 aliphatic heterocycles. The fourth-order valence-corrected chi connectivity index (χ4v) is 5.06. The van der Waals surface area contributed by atoms with Gasteiger partial charge in [-0.25, -0.2) is 0 Å². The Kier molecular flexibility index (Phi) is 1.85. The van der Waals surface area contributed by atoms with Gasteiger partial charge in [-0.2, -0.15) is 4.57 Å². The van der Waals surface area contributed by atoms with Gasteiger partial charge < -0.3 is 0 Å². The Morgan fingerprint density at radius 3 is 2.90 bits per heavy atom. The molecular formula is C19H18N+. The molecule has 0 saturated heterocycles. The fraction of sp³-hybridized carbons (Fsp3) is 0.316. The molecule has 20 heavy (non-hydrogen) atoms. The number of nitrogens with zero attached hydrogens (tertiary/aromatic N) is 1. The summed E-state index contributed by atoms with van der Waals surface area (Å²) in [6.07, 6.45) is 8.36. The van der Waals surface area contributed by atoms with Crippen LogP contribution in [0.5, 0.6) is 0 Å². The van der Waals surface area contributed by atoms with Crippen LogP contribution in [-0.4, -0.2) is 0 Å². The third-order valence-corrected chi connectivity index (χ3v) is 5.88. The van der Waals surface area contributed by atoms with Crippen LogP contribution >= 0.6 is 0 Å². The molecule has 0 spiro atoms. The van der Waals surface area contributed by atoms with E-state index in [4.69, 9.17) is 0 Å². The van der Waals surface area contributed by atoms with Crippen molar-refractivity contribution in [3.63, 3.8) is 0 Å². The predicted molar refractivity (Wildman–Crippen MR) is 78.4 cm³/mol. The second kappa shape index (κ2) is 3.41. The lowest BCUT2D eigenvalue weighted by atomic mass is 9.55. The highest BCUT2D eigenvalue weighted by atomic mass is 15.1. The zero-order valence-electron chi connectivity index (χ0n) is 11.7. The molecule has 3 heterocycles. The van der Waals surface area contributed by atoms with E-state index >= 15 is 0 Å². The minimum absolute atomic E-state index is 0.154. The molecule has 0 N–H and O–H groups in total. The summed E-state index contributed by atoms with van der Waals surface area (Å²) in [5.74, 6) is 1.39. The molecule has 4 aliphatic rings. The second-order valence-electron chi connectivity index (χ2n) is 6.58. The molecule has 0 radical (unpaired) electrons. The lowest BCUT2D eigenvalue weighted by Gasteiger charge is -2.49. The first-order valence-electron chi connectivity index (χ1n) is 7.58. The average Bonchev–Trinajstić information content (AvgIpc) is 2.99. The van der Waals surface area contributed by atoms with Crippen LogP contribution in [0.1, 0.15) is 36.2 Å². The van der Waals surface area contributed by atoms with Gasteiger partial charge >= 0.3 is 0 Å². The van der Waals surface area contributed by atoms with Crippen LogP contribution < -0.4 is 4.57 Å². The van der Waals surface area contributed by atoms with Crippen molar-refractivity contribution in [2.45, 2.75) is 24.8 Å². The van der Waals surface area contributed by atoms with Gasteiger partial charge in [-0.3, -0.25) is 0 Å². The predicted octanol–water partition coefficient (Wildman–Crippen LogP) is 3.39. The van der Waals surface area contributed by atoms with Crippen molar-refractivity contribution in [2.24, 2.45) is 11.8 Å². The molecule has 1 aromatic heterocycles. The van der Waals surface area contributed by atoms with E-state index in [9.17, 15) is 0 Å². The summed E-state index contributed by atoms with van der Waals surface area (Å²) in [5.41, 5.74) is 4.74. The molecule has 1 aromatic carbocycles. The van der Waals surface area contributed by atoms with Crippen LogP contribution in [0.3, 0.4) is 0 Å². The van der Waals surface area contributed by atoms with E-state index in [-0.39, 0.29) is 5.41 Å². The lowest BCUT2D eigenvalue weighted by molar-refractivity contribution is -0.741. The zero-order chi connectivity index (χ0) is 13.3. The number of aromatic nitrogens is 1. The highest BCUT2D eigenvalue weighted by Crippen LogP contribution is 2.58. The monoisotopic (exact) mass is 260 g/mol. The number of hydrogen-bond acceptors (Lipinski definition) is 0. The maximum atomic E-state index is 2.53. The van der Waals surface area contributed by atoms with Crippen molar-refractivity contribution in [3.05, 3.63) is 77.6 Å². The first-order chi connectivity index (χ1) is 9.82. The van der Waals surface area contributed by atoms with E-state index in [0.717, 1.165) is 5.92 Å². The molecule has 2 aliphatic carbocycles. The smallest absolute Gasteiger partial charge is 0.192 e. The molecule has 6 rings (SSSR count). The van der Waals surface area contributed by atoms with Crippen LogP contribution in [0.25, 0.3) is 0 Å². The number of benzene rings is 1. The molecule has 4 atom stereocenters. The Morgan fingerprint density at radius 2 is 1.95 bits per heavy atom. The SMILES string of the molecule is C[C@@]12c3ccccc3[C@@H]([C@H]3C=CC[C@H]31)[n+]1ccccc12. The van der Waals surface area contributed by atoms with Crippen molar-refractivity contribution in [3.8, 4) is 0 Å². The molecule has 1 nitrogen and oxygen atoms in total. The zero-order valence-corrected chi connectivity index (χ0v) is 11.7. The van der Waals surface area contributed by atoms with Crippen LogP contribution in [-0.2, 0) is 5.41 Å². The fourth-order valence-electron chi connectivity index (χ4n) is 5.06. The van der Waals surface area contributed by atoms with Gasteiger partial charge in [0, 0.05) is 23.6 Å². The lowest BCUT2D eigenvalue weighted by Crippen LogP contribution is -2.64. The first kappa shape index (κ1) is 10.8. The van der Waals surface area contributed by atoms with Gasteiger partial charge in [0.2, 0.25) is 0 Å². The van der Waals surface area contributed by atoms with Crippen molar-refractivity contribution in [2.75, 3.05) is 0 Å². The van der Waals surface area contributed by atoms with Crippen molar-refractivity contribution in [1.29, 1.82) is 0 Å². The Morgan fingerprint density at radius 1 is 1.10 bits per heavy atom. The summed E-state index contributed by atoms with van der Waals surface area (Å²) < 4.78 is 2.53. The number of allylic oxidation sites excluding steroid dienone is 2. The maximum absolute atomic E-state index is 2.53. The summed E-state index contributed by atoms with van der Waals surface area (Å²) in [5, 5.41) is 0. The Hall–Kier alpha value is -1.89. The van der Waals surface area contributed by atoms with Gasteiger partial charge in [-0.15, -0.1) is 0 Å².